The molecule has 0 saturated heterocycles. The minimum absolute atomic E-state index is 0.0578. The van der Waals surface area contributed by atoms with Crippen LogP contribution in [-0.4, -0.2) is 30.7 Å². The molecular formula is C19H16N4O5S. The minimum atomic E-state index is -3.90. The van der Waals surface area contributed by atoms with E-state index >= 15 is 0 Å². The van der Waals surface area contributed by atoms with Crippen molar-refractivity contribution in [2.24, 2.45) is 0 Å². The second-order valence-electron chi connectivity index (χ2n) is 5.92. The van der Waals surface area contributed by atoms with Crippen LogP contribution in [0.1, 0.15) is 5.69 Å². The predicted octanol–water partition coefficient (Wildman–Crippen LogP) is 2.88. The maximum absolute atomic E-state index is 12.6. The molecule has 9 nitrogen and oxygen atoms in total. The van der Waals surface area contributed by atoms with Crippen LogP contribution in [-0.2, 0) is 16.6 Å². The van der Waals surface area contributed by atoms with Crippen molar-refractivity contribution in [2.75, 3.05) is 7.11 Å². The van der Waals surface area contributed by atoms with Crippen LogP contribution in [0, 0.1) is 0 Å². The Hall–Kier alpha value is -3.50. The number of methoxy groups -OCH3 is 1. The van der Waals surface area contributed by atoms with Gasteiger partial charge in [0.05, 0.1) is 36.9 Å². The van der Waals surface area contributed by atoms with E-state index in [-0.39, 0.29) is 17.4 Å². The van der Waals surface area contributed by atoms with Gasteiger partial charge in [0, 0.05) is 24.4 Å². The first-order valence-electron chi connectivity index (χ1n) is 8.52. The molecule has 0 bridgehead atoms. The van der Waals surface area contributed by atoms with Gasteiger partial charge < -0.3 is 13.7 Å². The van der Waals surface area contributed by atoms with E-state index in [1.807, 2.05) is 12.1 Å². The van der Waals surface area contributed by atoms with Gasteiger partial charge in [-0.1, -0.05) is 11.2 Å². The van der Waals surface area contributed by atoms with Gasteiger partial charge in [-0.3, -0.25) is 4.98 Å². The summed E-state index contributed by atoms with van der Waals surface area (Å²) in [5, 5.41) is 3.33. The summed E-state index contributed by atoms with van der Waals surface area (Å²) in [5.41, 5.74) is 1.69. The highest BCUT2D eigenvalue weighted by Crippen LogP contribution is 2.25. The summed E-state index contributed by atoms with van der Waals surface area (Å²) < 4.78 is 43.3. The molecule has 0 spiro atoms. The molecule has 4 rings (SSSR count). The number of nitrogens with one attached hydrogen (secondary N) is 1. The lowest BCUT2D eigenvalue weighted by atomic mass is 10.2. The second-order valence-corrected chi connectivity index (χ2v) is 7.62. The molecule has 0 aliphatic carbocycles. The molecule has 0 aliphatic heterocycles. The van der Waals surface area contributed by atoms with Gasteiger partial charge in [0.25, 0.3) is 10.0 Å². The molecule has 0 saturated carbocycles. The monoisotopic (exact) mass is 412 g/mol. The number of ether oxygens (including phenoxy) is 1. The average molecular weight is 412 g/mol. The predicted molar refractivity (Wildman–Crippen MR) is 102 cm³/mol. The van der Waals surface area contributed by atoms with Gasteiger partial charge in [-0.25, -0.2) is 18.1 Å². The molecule has 0 aromatic carbocycles. The highest BCUT2D eigenvalue weighted by Gasteiger charge is 2.20. The topological polar surface area (TPSA) is 120 Å². The number of nitrogens with zero attached hydrogens (tertiary/aromatic N) is 3. The van der Waals surface area contributed by atoms with Crippen molar-refractivity contribution in [1.82, 2.24) is 19.8 Å². The fourth-order valence-corrected chi connectivity index (χ4v) is 3.52. The number of sulfonamides is 1. The van der Waals surface area contributed by atoms with Gasteiger partial charge in [0.2, 0.25) is 10.9 Å². The highest BCUT2D eigenvalue weighted by molar-refractivity contribution is 7.89. The lowest BCUT2D eigenvalue weighted by Crippen LogP contribution is -2.23. The van der Waals surface area contributed by atoms with Crippen LogP contribution in [0.2, 0.25) is 0 Å². The Labute approximate surface area is 166 Å². The molecule has 29 heavy (non-hydrogen) atoms. The zero-order valence-corrected chi connectivity index (χ0v) is 16.1. The number of hydrogen-bond acceptors (Lipinski definition) is 8. The van der Waals surface area contributed by atoms with Crippen molar-refractivity contribution in [3.8, 4) is 28.7 Å². The maximum Gasteiger partial charge on any atom is 0.274 e. The van der Waals surface area contributed by atoms with Crippen molar-refractivity contribution < 1.29 is 22.1 Å². The number of pyridine rings is 2. The molecule has 0 amide bonds. The Balaban J connectivity index is 1.55. The van der Waals surface area contributed by atoms with Crippen molar-refractivity contribution in [3.63, 3.8) is 0 Å². The molecule has 4 heterocycles. The molecule has 4 aromatic rings. The van der Waals surface area contributed by atoms with Crippen LogP contribution < -0.4 is 9.46 Å². The Morgan fingerprint density at radius 2 is 1.93 bits per heavy atom. The highest BCUT2D eigenvalue weighted by atomic mass is 32.2. The summed E-state index contributed by atoms with van der Waals surface area (Å²) in [5.74, 6) is 1.14. The Morgan fingerprint density at radius 1 is 1.03 bits per heavy atom. The summed E-state index contributed by atoms with van der Waals surface area (Å²) in [6, 6.07) is 13.2. The summed E-state index contributed by atoms with van der Waals surface area (Å²) in [6.07, 6.45) is 3.10. The lowest BCUT2D eigenvalue weighted by Gasteiger charge is -2.09. The first-order chi connectivity index (χ1) is 14.0. The Kier molecular flexibility index (Phi) is 5.10. The molecule has 0 fully saturated rings. The fourth-order valence-electron chi connectivity index (χ4n) is 2.59. The Morgan fingerprint density at radius 3 is 2.66 bits per heavy atom. The SMILES string of the molecule is COc1cc(CNS(=O)(=O)c2ccc(-c3ccno3)o2)nc(-c2ccccn2)c1. The van der Waals surface area contributed by atoms with E-state index in [1.54, 1.807) is 30.5 Å². The van der Waals surface area contributed by atoms with Gasteiger partial charge in [0.1, 0.15) is 5.75 Å². The van der Waals surface area contributed by atoms with E-state index in [1.165, 1.54) is 25.4 Å². The minimum Gasteiger partial charge on any atom is -0.497 e. The van der Waals surface area contributed by atoms with Crippen molar-refractivity contribution in [3.05, 3.63) is 66.6 Å². The van der Waals surface area contributed by atoms with Gasteiger partial charge in [-0.2, -0.15) is 0 Å². The standard InChI is InChI=1S/C19H16N4O5S/c1-26-14-10-13(23-16(11-14)15-4-2-3-8-20-15)12-22-29(24,25)19-6-5-17(27-19)18-7-9-21-28-18/h2-11,22H,12H2,1H3. The maximum atomic E-state index is 12.6. The molecule has 0 unspecified atom stereocenters. The van der Waals surface area contributed by atoms with Gasteiger partial charge >= 0.3 is 0 Å². The molecular weight excluding hydrogens is 396 g/mol. The van der Waals surface area contributed by atoms with Crippen molar-refractivity contribution >= 4 is 10.0 Å². The smallest absolute Gasteiger partial charge is 0.274 e. The summed E-state index contributed by atoms with van der Waals surface area (Å²) >= 11 is 0. The van der Waals surface area contributed by atoms with Crippen LogP contribution in [0.4, 0.5) is 0 Å². The first-order valence-corrected chi connectivity index (χ1v) is 10.0. The average Bonchev–Trinajstić information content (AvgIpc) is 3.45. The third-order valence-corrected chi connectivity index (χ3v) is 5.26. The fraction of sp³-hybridized carbons (Fsp3) is 0.105. The number of hydrogen-bond donors (Lipinski definition) is 1. The van der Waals surface area contributed by atoms with E-state index in [9.17, 15) is 8.42 Å². The molecule has 10 heteroatoms. The van der Waals surface area contributed by atoms with E-state index in [4.69, 9.17) is 13.7 Å². The number of furan rings is 1. The lowest BCUT2D eigenvalue weighted by molar-refractivity contribution is 0.400. The van der Waals surface area contributed by atoms with Crippen molar-refractivity contribution in [2.45, 2.75) is 11.6 Å². The van der Waals surface area contributed by atoms with E-state index in [0.717, 1.165) is 0 Å². The quantitative estimate of drug-likeness (QED) is 0.492. The molecule has 0 radical (unpaired) electrons. The van der Waals surface area contributed by atoms with Gasteiger partial charge in [-0.05, 0) is 24.3 Å². The zero-order chi connectivity index (χ0) is 20.3. The summed E-state index contributed by atoms with van der Waals surface area (Å²) in [6.45, 7) is -0.0578. The van der Waals surface area contributed by atoms with E-state index < -0.39 is 10.0 Å². The van der Waals surface area contributed by atoms with Gasteiger partial charge in [-0.15, -0.1) is 0 Å². The largest absolute Gasteiger partial charge is 0.497 e. The van der Waals surface area contributed by atoms with Crippen LogP contribution in [0.15, 0.2) is 75.0 Å². The first kappa shape index (κ1) is 18.8. The molecule has 148 valence electrons. The second kappa shape index (κ2) is 7.86. The Bertz CT molecular complexity index is 1200. The summed E-state index contributed by atoms with van der Waals surface area (Å²) in [4.78, 5) is 8.73. The van der Waals surface area contributed by atoms with Crippen LogP contribution in [0.25, 0.3) is 22.9 Å². The summed E-state index contributed by atoms with van der Waals surface area (Å²) in [7, 11) is -2.37. The van der Waals surface area contributed by atoms with Crippen molar-refractivity contribution in [1.29, 1.82) is 0 Å². The van der Waals surface area contributed by atoms with E-state index in [0.29, 0.717) is 28.6 Å². The third-order valence-electron chi connectivity index (χ3n) is 3.99. The number of rotatable bonds is 7. The molecule has 0 atom stereocenters. The van der Waals surface area contributed by atoms with Crippen LogP contribution in [0.3, 0.4) is 0 Å². The molecule has 4 aromatic heterocycles. The third kappa shape index (κ3) is 4.18. The number of aromatic nitrogens is 3. The van der Waals surface area contributed by atoms with Crippen LogP contribution in [0.5, 0.6) is 5.75 Å². The van der Waals surface area contributed by atoms with Gasteiger partial charge in [0.15, 0.2) is 5.76 Å². The zero-order valence-electron chi connectivity index (χ0n) is 15.3. The normalized spacial score (nSPS) is 11.5. The molecule has 0 aliphatic rings. The van der Waals surface area contributed by atoms with E-state index in [2.05, 4.69) is 19.8 Å². The van der Waals surface area contributed by atoms with Crippen LogP contribution >= 0.6 is 0 Å². The molecule has 1 N–H and O–H groups in total.